The summed E-state index contributed by atoms with van der Waals surface area (Å²) in [6.07, 6.45) is 4.11. The van der Waals surface area contributed by atoms with E-state index in [1.807, 2.05) is 29.5 Å². The lowest BCUT2D eigenvalue weighted by molar-refractivity contribution is 0.0523. The van der Waals surface area contributed by atoms with E-state index in [2.05, 4.69) is 18.5 Å². The van der Waals surface area contributed by atoms with Crippen LogP contribution in [0.25, 0.3) is 12.7 Å². The molecule has 0 unspecified atom stereocenters. The summed E-state index contributed by atoms with van der Waals surface area (Å²) >= 11 is 1.42. The van der Waals surface area contributed by atoms with Crippen LogP contribution in [0.15, 0.2) is 35.0 Å². The Bertz CT molecular complexity index is 1190. The van der Waals surface area contributed by atoms with E-state index in [9.17, 15) is 14.4 Å². The average Bonchev–Trinajstić information content (AvgIpc) is 3.37. The molecule has 0 saturated carbocycles. The van der Waals surface area contributed by atoms with Crippen molar-refractivity contribution in [1.82, 2.24) is 14.8 Å². The van der Waals surface area contributed by atoms with Crippen LogP contribution in [0, 0.1) is 0 Å². The molecule has 0 radical (unpaired) electrons. The maximum absolute atomic E-state index is 13.5. The molecule has 3 rings (SSSR count). The van der Waals surface area contributed by atoms with E-state index in [1.165, 1.54) is 11.3 Å². The fourth-order valence-electron chi connectivity index (χ4n) is 4.12. The molecule has 1 aliphatic rings. The van der Waals surface area contributed by atoms with Crippen molar-refractivity contribution in [2.75, 3.05) is 51.3 Å². The van der Waals surface area contributed by atoms with Gasteiger partial charge in [-0.15, -0.1) is 11.3 Å². The van der Waals surface area contributed by atoms with Crippen molar-refractivity contribution in [1.29, 1.82) is 0 Å². The standard InChI is InChI=1S/C25H32N4O4S/c1-5-9-19-18(3)29(12-8-11-26-4)24(31)21(25(32)33-6-2)22(19)27-13-15-28(16-14-27)23(30)20-10-7-17-34-20/h5,7,9-10,17,26H,1,3,6,8,11-16H2,2,4H3/b19-9+. The molecule has 3 heterocycles. The molecule has 34 heavy (non-hydrogen) atoms. The van der Waals surface area contributed by atoms with Crippen LogP contribution in [0.3, 0.4) is 0 Å². The molecule has 1 aliphatic heterocycles. The highest BCUT2D eigenvalue weighted by atomic mass is 32.1. The minimum atomic E-state index is -0.652. The van der Waals surface area contributed by atoms with Crippen LogP contribution in [0.4, 0.5) is 5.69 Å². The molecule has 8 nitrogen and oxygen atoms in total. The van der Waals surface area contributed by atoms with Crippen LogP contribution in [0.2, 0.25) is 0 Å². The average molecular weight is 485 g/mol. The molecule has 2 aromatic heterocycles. The lowest BCUT2D eigenvalue weighted by Gasteiger charge is -2.37. The van der Waals surface area contributed by atoms with Gasteiger partial charge in [-0.1, -0.05) is 31.4 Å². The molecule has 1 fully saturated rings. The number of carbonyl (C=O) groups is 2. The summed E-state index contributed by atoms with van der Waals surface area (Å²) in [7, 11) is 1.85. The number of hydrogen-bond acceptors (Lipinski definition) is 7. The number of ether oxygens (including phenoxy) is 1. The predicted octanol–water partition coefficient (Wildman–Crippen LogP) is 1.04. The number of nitrogens with one attached hydrogen (secondary N) is 1. The first-order chi connectivity index (χ1) is 16.4. The van der Waals surface area contributed by atoms with Gasteiger partial charge in [-0.2, -0.15) is 0 Å². The van der Waals surface area contributed by atoms with Crippen molar-refractivity contribution in [3.05, 3.63) is 61.5 Å². The van der Waals surface area contributed by atoms with Crippen LogP contribution in [-0.2, 0) is 11.3 Å². The van der Waals surface area contributed by atoms with E-state index in [4.69, 9.17) is 4.74 Å². The molecule has 0 aromatic carbocycles. The molecule has 1 saturated heterocycles. The summed E-state index contributed by atoms with van der Waals surface area (Å²) in [5, 5.41) is 6.15. The van der Waals surface area contributed by atoms with Gasteiger partial charge in [0.15, 0.2) is 0 Å². The zero-order valence-corrected chi connectivity index (χ0v) is 20.7. The molecular weight excluding hydrogens is 452 g/mol. The van der Waals surface area contributed by atoms with Crippen molar-refractivity contribution in [3.63, 3.8) is 0 Å². The molecule has 0 spiro atoms. The number of carbonyl (C=O) groups excluding carboxylic acids is 2. The number of piperazine rings is 1. The highest BCUT2D eigenvalue weighted by Gasteiger charge is 2.29. The van der Waals surface area contributed by atoms with Gasteiger partial charge < -0.3 is 24.4 Å². The first kappa shape index (κ1) is 25.5. The predicted molar refractivity (Wildman–Crippen MR) is 137 cm³/mol. The second kappa shape index (κ2) is 11.8. The normalized spacial score (nSPS) is 14.4. The number of esters is 1. The molecule has 0 aliphatic carbocycles. The van der Waals surface area contributed by atoms with Crippen molar-refractivity contribution >= 4 is 41.6 Å². The number of hydrogen-bond donors (Lipinski definition) is 1. The third kappa shape index (κ3) is 5.31. The third-order valence-electron chi connectivity index (χ3n) is 5.78. The Morgan fingerprint density at radius 2 is 2.00 bits per heavy atom. The number of aromatic nitrogens is 1. The lowest BCUT2D eigenvalue weighted by atomic mass is 10.1. The van der Waals surface area contributed by atoms with Crippen molar-refractivity contribution in [2.45, 2.75) is 19.9 Å². The maximum Gasteiger partial charge on any atom is 0.345 e. The Morgan fingerprint density at radius 3 is 2.59 bits per heavy atom. The van der Waals surface area contributed by atoms with Crippen LogP contribution in [0.5, 0.6) is 0 Å². The highest BCUT2D eigenvalue weighted by molar-refractivity contribution is 7.12. The fraction of sp³-hybridized carbons (Fsp3) is 0.400. The number of allylic oxidation sites excluding steroid dienone is 1. The zero-order chi connectivity index (χ0) is 24.7. The first-order valence-electron chi connectivity index (χ1n) is 11.4. The SMILES string of the molecule is C=C/C=c1/c(N2CCN(C(=O)c3cccs3)CC2)c(C(=O)OCC)c(=O)n(CCCNC)c1=C. The summed E-state index contributed by atoms with van der Waals surface area (Å²) in [5.74, 6) is -0.656. The Hall–Kier alpha value is -3.17. The van der Waals surface area contributed by atoms with Crippen LogP contribution in [-0.4, -0.2) is 67.7 Å². The molecule has 0 atom stereocenters. The third-order valence-corrected chi connectivity index (χ3v) is 6.63. The van der Waals surface area contributed by atoms with Crippen molar-refractivity contribution in [3.8, 4) is 0 Å². The number of rotatable bonds is 9. The molecular formula is C25H32N4O4S. The van der Waals surface area contributed by atoms with Gasteiger partial charge in [0.2, 0.25) is 0 Å². The van der Waals surface area contributed by atoms with Gasteiger partial charge in [-0.25, -0.2) is 4.79 Å². The molecule has 182 valence electrons. The Labute approximate surface area is 203 Å². The van der Waals surface area contributed by atoms with Gasteiger partial charge >= 0.3 is 5.97 Å². The van der Waals surface area contributed by atoms with Gasteiger partial charge in [0.05, 0.1) is 17.2 Å². The Balaban J connectivity index is 2.05. The highest BCUT2D eigenvalue weighted by Crippen LogP contribution is 2.19. The Morgan fingerprint density at radius 1 is 1.26 bits per heavy atom. The Kier molecular flexibility index (Phi) is 8.84. The van der Waals surface area contributed by atoms with Gasteiger partial charge in [-0.05, 0) is 38.4 Å². The van der Waals surface area contributed by atoms with E-state index in [-0.39, 0.29) is 18.1 Å². The maximum atomic E-state index is 13.5. The van der Waals surface area contributed by atoms with E-state index < -0.39 is 11.5 Å². The van der Waals surface area contributed by atoms with E-state index in [0.29, 0.717) is 60.3 Å². The summed E-state index contributed by atoms with van der Waals surface area (Å²) in [4.78, 5) is 43.8. The van der Waals surface area contributed by atoms with Gasteiger partial charge in [0.25, 0.3) is 11.5 Å². The number of pyridine rings is 1. The molecule has 0 bridgehead atoms. The van der Waals surface area contributed by atoms with Crippen molar-refractivity contribution in [2.24, 2.45) is 0 Å². The molecule has 1 amide bonds. The lowest BCUT2D eigenvalue weighted by Crippen LogP contribution is -2.54. The zero-order valence-electron chi connectivity index (χ0n) is 19.8. The largest absolute Gasteiger partial charge is 0.462 e. The summed E-state index contributed by atoms with van der Waals surface area (Å²) in [6, 6.07) is 3.68. The summed E-state index contributed by atoms with van der Waals surface area (Å²) in [5.41, 5.74) is 0.0964. The van der Waals surface area contributed by atoms with Crippen LogP contribution < -0.4 is 26.3 Å². The minimum absolute atomic E-state index is 0.00376. The number of amides is 1. The molecule has 9 heteroatoms. The van der Waals surface area contributed by atoms with Crippen LogP contribution >= 0.6 is 11.3 Å². The van der Waals surface area contributed by atoms with E-state index in [1.54, 1.807) is 28.5 Å². The first-order valence-corrected chi connectivity index (χ1v) is 12.3. The second-order valence-electron chi connectivity index (χ2n) is 7.88. The monoisotopic (exact) mass is 484 g/mol. The van der Waals surface area contributed by atoms with Crippen molar-refractivity contribution < 1.29 is 14.3 Å². The van der Waals surface area contributed by atoms with E-state index in [0.717, 1.165) is 6.54 Å². The second-order valence-corrected chi connectivity index (χ2v) is 8.82. The van der Waals surface area contributed by atoms with Crippen LogP contribution in [0.1, 0.15) is 33.4 Å². The van der Waals surface area contributed by atoms with Gasteiger partial charge in [0, 0.05) is 43.3 Å². The smallest absolute Gasteiger partial charge is 0.345 e. The molecule has 1 N–H and O–H groups in total. The topological polar surface area (TPSA) is 83.9 Å². The fourth-order valence-corrected chi connectivity index (χ4v) is 4.81. The number of thiophene rings is 1. The number of nitrogens with zero attached hydrogens (tertiary/aromatic N) is 3. The minimum Gasteiger partial charge on any atom is -0.462 e. The van der Waals surface area contributed by atoms with E-state index >= 15 is 0 Å². The summed E-state index contributed by atoms with van der Waals surface area (Å²) in [6.45, 7) is 12.9. The quantitative estimate of drug-likeness (QED) is 0.423. The number of anilines is 1. The summed E-state index contributed by atoms with van der Waals surface area (Å²) < 4.78 is 6.83. The van der Waals surface area contributed by atoms with Gasteiger partial charge in [-0.3, -0.25) is 9.59 Å². The molecule has 2 aromatic rings. The van der Waals surface area contributed by atoms with Gasteiger partial charge in [0.1, 0.15) is 5.56 Å².